The largest absolute Gasteiger partial charge is 0.508 e. The maximum atomic E-state index is 14.0. The minimum Gasteiger partial charge on any atom is -0.508 e. The lowest BCUT2D eigenvalue weighted by Gasteiger charge is -2.50. The van der Waals surface area contributed by atoms with E-state index in [0.717, 1.165) is 16.5 Å². The van der Waals surface area contributed by atoms with Crippen LogP contribution in [0.25, 0.3) is 27.7 Å². The molecule has 1 fully saturated rings. The van der Waals surface area contributed by atoms with Crippen molar-refractivity contribution < 1.29 is 39.5 Å². The number of amides is 1. The van der Waals surface area contributed by atoms with Crippen molar-refractivity contribution in [3.63, 3.8) is 0 Å². The Labute approximate surface area is 240 Å². The highest BCUT2D eigenvalue weighted by atomic mass is 16.5. The fourth-order valence-electron chi connectivity index (χ4n) is 6.97. The van der Waals surface area contributed by atoms with Gasteiger partial charge in [0.2, 0.25) is 5.78 Å². The number of ether oxygens (including phenoxy) is 1. The molecule has 1 amide bonds. The van der Waals surface area contributed by atoms with E-state index in [1.165, 1.54) is 4.90 Å². The number of aliphatic hydroxyl groups is 3. The summed E-state index contributed by atoms with van der Waals surface area (Å²) in [6, 6.07) is 13.7. The number of carbonyl (C=O) groups excluding carboxylic acids is 3. The summed E-state index contributed by atoms with van der Waals surface area (Å²) in [7, 11) is 4.71. The quantitative estimate of drug-likeness (QED) is 0.296. The maximum Gasteiger partial charge on any atom is 0.255 e. The summed E-state index contributed by atoms with van der Waals surface area (Å²) < 4.78 is 5.23. The molecule has 1 saturated carbocycles. The van der Waals surface area contributed by atoms with E-state index in [1.807, 2.05) is 42.5 Å². The van der Waals surface area contributed by atoms with Crippen molar-refractivity contribution >= 4 is 34.0 Å². The summed E-state index contributed by atoms with van der Waals surface area (Å²) in [6.45, 7) is 0. The number of hydrogen-bond acceptors (Lipinski definition) is 9. The number of methoxy groups -OCH3 is 1. The lowest BCUT2D eigenvalue weighted by atomic mass is 9.57. The normalized spacial score (nSPS) is 25.4. The highest BCUT2D eigenvalue weighted by Gasteiger charge is 2.64. The molecule has 3 aromatic rings. The Balaban J connectivity index is 1.51. The summed E-state index contributed by atoms with van der Waals surface area (Å²) in [5, 5.41) is 46.9. The molecule has 3 aromatic carbocycles. The van der Waals surface area contributed by atoms with Gasteiger partial charge in [-0.2, -0.15) is 0 Å². The molecular formula is C32H30N2O8. The Hall–Kier alpha value is -4.67. The zero-order valence-corrected chi connectivity index (χ0v) is 23.2. The number of primary amides is 1. The number of hydrogen-bond donors (Lipinski definition) is 5. The van der Waals surface area contributed by atoms with Crippen LogP contribution in [0.5, 0.6) is 11.5 Å². The van der Waals surface area contributed by atoms with Crippen LogP contribution in [-0.2, 0) is 20.8 Å². The third kappa shape index (κ3) is 3.68. The number of phenolic OH excluding ortho intramolecular Hbond substituents is 1. The van der Waals surface area contributed by atoms with Crippen LogP contribution in [0.15, 0.2) is 65.4 Å². The number of nitrogens with zero attached hydrogens (tertiary/aromatic N) is 1. The summed E-state index contributed by atoms with van der Waals surface area (Å²) in [5.74, 6) is -5.97. The molecule has 0 bridgehead atoms. The molecule has 0 heterocycles. The summed E-state index contributed by atoms with van der Waals surface area (Å²) in [4.78, 5) is 40.9. The van der Waals surface area contributed by atoms with Crippen molar-refractivity contribution in [1.29, 1.82) is 0 Å². The second-order valence-corrected chi connectivity index (χ2v) is 11.4. The number of aliphatic hydroxyl groups excluding tert-OH is 2. The topological polar surface area (TPSA) is 171 Å². The zero-order chi connectivity index (χ0) is 30.2. The number of phenols is 1. The van der Waals surface area contributed by atoms with Gasteiger partial charge in [-0.1, -0.05) is 30.3 Å². The van der Waals surface area contributed by atoms with Gasteiger partial charge in [0.1, 0.15) is 28.6 Å². The van der Waals surface area contributed by atoms with Crippen molar-refractivity contribution in [1.82, 2.24) is 4.90 Å². The van der Waals surface area contributed by atoms with Crippen LogP contribution in [0.2, 0.25) is 0 Å². The summed E-state index contributed by atoms with van der Waals surface area (Å²) >= 11 is 0. The monoisotopic (exact) mass is 570 g/mol. The molecule has 0 unspecified atom stereocenters. The van der Waals surface area contributed by atoms with Crippen molar-refractivity contribution in [2.75, 3.05) is 21.2 Å². The number of nitrogens with two attached hydrogens (primary N) is 1. The molecule has 6 rings (SSSR count). The fourth-order valence-corrected chi connectivity index (χ4v) is 6.97. The first kappa shape index (κ1) is 27.5. The number of ketones is 2. The van der Waals surface area contributed by atoms with Gasteiger partial charge in [0.25, 0.3) is 5.91 Å². The predicted octanol–water partition coefficient (Wildman–Crippen LogP) is 2.79. The smallest absolute Gasteiger partial charge is 0.255 e. The Morgan fingerprint density at radius 2 is 1.69 bits per heavy atom. The van der Waals surface area contributed by atoms with Gasteiger partial charge in [-0.25, -0.2) is 0 Å². The molecular weight excluding hydrogens is 540 g/mol. The highest BCUT2D eigenvalue weighted by molar-refractivity contribution is 6.24. The minimum atomic E-state index is -2.67. The van der Waals surface area contributed by atoms with E-state index in [-0.39, 0.29) is 29.7 Å². The third-order valence-corrected chi connectivity index (χ3v) is 8.95. The van der Waals surface area contributed by atoms with Gasteiger partial charge in [0.15, 0.2) is 11.4 Å². The molecule has 10 nitrogen and oxygen atoms in total. The van der Waals surface area contributed by atoms with E-state index in [1.54, 1.807) is 27.3 Å². The first-order valence-electron chi connectivity index (χ1n) is 13.5. The summed E-state index contributed by atoms with van der Waals surface area (Å²) in [6.07, 6.45) is 0.277. The van der Waals surface area contributed by atoms with E-state index in [9.17, 15) is 34.8 Å². The van der Waals surface area contributed by atoms with Crippen molar-refractivity contribution in [3.05, 3.63) is 76.6 Å². The molecule has 0 spiro atoms. The van der Waals surface area contributed by atoms with E-state index in [2.05, 4.69) is 0 Å². The first-order chi connectivity index (χ1) is 19.9. The fraction of sp³-hybridized carbons (Fsp3) is 0.281. The van der Waals surface area contributed by atoms with Gasteiger partial charge in [0, 0.05) is 16.9 Å². The molecule has 6 N–H and O–H groups in total. The molecule has 3 aliphatic rings. The standard InChI is InChI=1S/C32H30N2O8/c1-34(2)25-21-13-18-11-17-10-16-5-4-15(14-6-8-19(42-3)9-7-14)12-20(16)26(35)22(17)27(36)23(18)29(38)32(21,41)30(39)24(28(25)37)31(33)40/h4-10,12,18,21,25,35-36,39,41H,11,13H2,1-3H3,(H2,33,40)/t18-,21-,25-,32-/m0/s1. The van der Waals surface area contributed by atoms with Gasteiger partial charge in [-0.15, -0.1) is 0 Å². The molecule has 4 atom stereocenters. The maximum absolute atomic E-state index is 14.0. The SMILES string of the molecule is COc1ccc(-c2ccc3cc4c(c(O)c3c2)C(O)=C2C(=O)[C@]3(O)C(O)=C(C(N)=O)C(=O)[C@@H](N(C)C)[C@@H]3C[C@@H]2C4)cc1. The zero-order valence-electron chi connectivity index (χ0n) is 23.2. The van der Waals surface area contributed by atoms with E-state index < -0.39 is 58.0 Å². The average Bonchev–Trinajstić information content (AvgIpc) is 2.94. The molecule has 10 heteroatoms. The number of Topliss-reactive ketones (excluding diaryl/α,β-unsaturated/α-hetero) is 2. The van der Waals surface area contributed by atoms with E-state index >= 15 is 0 Å². The molecule has 0 aromatic heterocycles. The number of fused-ring (bicyclic) bond motifs is 4. The van der Waals surface area contributed by atoms with Gasteiger partial charge in [-0.3, -0.25) is 19.3 Å². The first-order valence-corrected chi connectivity index (χ1v) is 13.5. The van der Waals surface area contributed by atoms with Gasteiger partial charge < -0.3 is 30.9 Å². The Kier molecular flexibility index (Phi) is 6.18. The lowest BCUT2D eigenvalue weighted by Crippen LogP contribution is -2.65. The van der Waals surface area contributed by atoms with Gasteiger partial charge >= 0.3 is 0 Å². The molecule has 0 saturated heterocycles. The Morgan fingerprint density at radius 1 is 1.02 bits per heavy atom. The van der Waals surface area contributed by atoms with Crippen LogP contribution < -0.4 is 10.5 Å². The Morgan fingerprint density at radius 3 is 2.31 bits per heavy atom. The van der Waals surface area contributed by atoms with Crippen LogP contribution in [0, 0.1) is 11.8 Å². The van der Waals surface area contributed by atoms with Crippen LogP contribution in [-0.4, -0.2) is 75.6 Å². The van der Waals surface area contributed by atoms with Crippen LogP contribution in [0.1, 0.15) is 17.5 Å². The molecule has 0 radical (unpaired) electrons. The lowest BCUT2D eigenvalue weighted by molar-refractivity contribution is -0.153. The molecule has 42 heavy (non-hydrogen) atoms. The van der Waals surface area contributed by atoms with Crippen molar-refractivity contribution in [3.8, 4) is 22.6 Å². The highest BCUT2D eigenvalue weighted by Crippen LogP contribution is 2.53. The van der Waals surface area contributed by atoms with Crippen molar-refractivity contribution in [2.45, 2.75) is 24.5 Å². The average molecular weight is 571 g/mol. The summed E-state index contributed by atoms with van der Waals surface area (Å²) in [5.41, 5.74) is 4.05. The number of benzene rings is 3. The van der Waals surface area contributed by atoms with Gasteiger partial charge in [0.05, 0.1) is 18.7 Å². The van der Waals surface area contributed by atoms with Crippen LogP contribution in [0.4, 0.5) is 0 Å². The third-order valence-electron chi connectivity index (χ3n) is 8.95. The second kappa shape index (κ2) is 9.43. The Bertz CT molecular complexity index is 1770. The second-order valence-electron chi connectivity index (χ2n) is 11.4. The van der Waals surface area contributed by atoms with E-state index in [4.69, 9.17) is 10.5 Å². The number of rotatable bonds is 4. The van der Waals surface area contributed by atoms with Crippen molar-refractivity contribution in [2.24, 2.45) is 17.6 Å². The van der Waals surface area contributed by atoms with E-state index in [0.29, 0.717) is 16.7 Å². The van der Waals surface area contributed by atoms with Crippen LogP contribution in [0.3, 0.4) is 0 Å². The molecule has 0 aliphatic heterocycles. The number of carbonyl (C=O) groups is 3. The number of aromatic hydroxyl groups is 1. The predicted molar refractivity (Wildman–Crippen MR) is 154 cm³/mol. The molecule has 3 aliphatic carbocycles. The molecule has 216 valence electrons. The number of likely N-dealkylation sites (N-methyl/N-ethyl adjacent to an activating group) is 1. The minimum absolute atomic E-state index is 0.0426. The van der Waals surface area contributed by atoms with Crippen LogP contribution >= 0.6 is 0 Å². The van der Waals surface area contributed by atoms with Gasteiger partial charge in [-0.05, 0) is 73.1 Å².